The minimum absolute atomic E-state index is 0.228. The van der Waals surface area contributed by atoms with Crippen molar-refractivity contribution in [3.8, 4) is 0 Å². The molecule has 15 heavy (non-hydrogen) atoms. The maximum atomic E-state index is 9.75. The molecule has 0 bridgehead atoms. The number of hydrogen-bond acceptors (Lipinski definition) is 3. The molecule has 1 fully saturated rings. The van der Waals surface area contributed by atoms with Gasteiger partial charge in [-0.1, -0.05) is 11.6 Å². The van der Waals surface area contributed by atoms with E-state index in [1.165, 1.54) is 18.4 Å². The van der Waals surface area contributed by atoms with Crippen molar-refractivity contribution in [3.63, 3.8) is 0 Å². The van der Waals surface area contributed by atoms with Gasteiger partial charge in [-0.3, -0.25) is 0 Å². The van der Waals surface area contributed by atoms with Crippen LogP contribution in [0.4, 0.5) is 0 Å². The van der Waals surface area contributed by atoms with Crippen LogP contribution in [-0.4, -0.2) is 48.8 Å². The third kappa shape index (κ3) is 5.92. The molecule has 88 valence electrons. The molecule has 1 unspecified atom stereocenters. The number of aliphatic hydroxyl groups excluding tert-OH is 1. The van der Waals surface area contributed by atoms with E-state index in [-0.39, 0.29) is 6.10 Å². The fourth-order valence-electron chi connectivity index (χ4n) is 1.85. The standard InChI is InChI=1S/C12H24N2O/c1-11(2)5-6-13-9-12(15)10-14-7-3-4-8-14/h5,12-13,15H,3-4,6-10H2,1-2H3. The van der Waals surface area contributed by atoms with E-state index in [4.69, 9.17) is 0 Å². The summed E-state index contributed by atoms with van der Waals surface area (Å²) >= 11 is 0. The average Bonchev–Trinajstić information content (AvgIpc) is 2.64. The number of nitrogens with zero attached hydrogens (tertiary/aromatic N) is 1. The molecule has 1 saturated heterocycles. The number of rotatable bonds is 6. The second-order valence-electron chi connectivity index (χ2n) is 4.60. The molecule has 0 radical (unpaired) electrons. The summed E-state index contributed by atoms with van der Waals surface area (Å²) in [5.74, 6) is 0. The SMILES string of the molecule is CC(C)=CCNCC(O)CN1CCCC1. The van der Waals surface area contributed by atoms with Crippen molar-refractivity contribution in [2.24, 2.45) is 0 Å². The van der Waals surface area contributed by atoms with Gasteiger partial charge >= 0.3 is 0 Å². The van der Waals surface area contributed by atoms with E-state index in [2.05, 4.69) is 30.1 Å². The Hall–Kier alpha value is -0.380. The highest BCUT2D eigenvalue weighted by molar-refractivity contribution is 4.94. The van der Waals surface area contributed by atoms with E-state index in [9.17, 15) is 5.11 Å². The molecule has 1 aliphatic rings. The molecule has 1 rings (SSSR count). The van der Waals surface area contributed by atoms with Crippen LogP contribution in [0, 0.1) is 0 Å². The van der Waals surface area contributed by atoms with Crippen molar-refractivity contribution in [1.82, 2.24) is 10.2 Å². The van der Waals surface area contributed by atoms with E-state index in [1.54, 1.807) is 0 Å². The molecular formula is C12H24N2O. The van der Waals surface area contributed by atoms with E-state index in [0.717, 1.165) is 26.2 Å². The van der Waals surface area contributed by atoms with Gasteiger partial charge in [0.15, 0.2) is 0 Å². The number of aliphatic hydroxyl groups is 1. The Morgan fingerprint density at radius 2 is 2.07 bits per heavy atom. The van der Waals surface area contributed by atoms with Gasteiger partial charge in [-0.25, -0.2) is 0 Å². The van der Waals surface area contributed by atoms with Crippen LogP contribution in [0.25, 0.3) is 0 Å². The Kier molecular flexibility index (Phi) is 5.91. The average molecular weight is 212 g/mol. The van der Waals surface area contributed by atoms with Crippen molar-refractivity contribution >= 4 is 0 Å². The van der Waals surface area contributed by atoms with Crippen LogP contribution in [0.15, 0.2) is 11.6 Å². The Morgan fingerprint density at radius 3 is 2.67 bits per heavy atom. The first-order valence-corrected chi connectivity index (χ1v) is 5.93. The minimum atomic E-state index is -0.228. The molecule has 1 atom stereocenters. The van der Waals surface area contributed by atoms with Gasteiger partial charge in [0, 0.05) is 19.6 Å². The normalized spacial score (nSPS) is 19.1. The van der Waals surface area contributed by atoms with Crippen molar-refractivity contribution in [2.45, 2.75) is 32.8 Å². The molecule has 2 N–H and O–H groups in total. The topological polar surface area (TPSA) is 35.5 Å². The zero-order valence-electron chi connectivity index (χ0n) is 10.00. The molecule has 0 aromatic carbocycles. The fourth-order valence-corrected chi connectivity index (χ4v) is 1.85. The Labute approximate surface area is 93.2 Å². The molecule has 1 heterocycles. The summed E-state index contributed by atoms with van der Waals surface area (Å²) in [6, 6.07) is 0. The molecule has 1 aliphatic heterocycles. The summed E-state index contributed by atoms with van der Waals surface area (Å²) in [7, 11) is 0. The second-order valence-corrected chi connectivity index (χ2v) is 4.60. The van der Waals surface area contributed by atoms with Crippen LogP contribution in [0.2, 0.25) is 0 Å². The van der Waals surface area contributed by atoms with Crippen molar-refractivity contribution in [3.05, 3.63) is 11.6 Å². The molecule has 0 spiro atoms. The largest absolute Gasteiger partial charge is 0.390 e. The van der Waals surface area contributed by atoms with Gasteiger partial charge in [0.2, 0.25) is 0 Å². The summed E-state index contributed by atoms with van der Waals surface area (Å²) < 4.78 is 0. The van der Waals surface area contributed by atoms with Crippen LogP contribution in [0.5, 0.6) is 0 Å². The lowest BCUT2D eigenvalue weighted by Crippen LogP contribution is -2.37. The summed E-state index contributed by atoms with van der Waals surface area (Å²) in [6.07, 6.45) is 4.49. The van der Waals surface area contributed by atoms with Gasteiger partial charge in [0.1, 0.15) is 0 Å². The summed E-state index contributed by atoms with van der Waals surface area (Å²) in [6.45, 7) is 8.86. The van der Waals surface area contributed by atoms with Crippen LogP contribution in [0.3, 0.4) is 0 Å². The first kappa shape index (κ1) is 12.7. The molecule has 0 aromatic rings. The second kappa shape index (κ2) is 6.99. The highest BCUT2D eigenvalue weighted by Gasteiger charge is 2.14. The van der Waals surface area contributed by atoms with E-state index >= 15 is 0 Å². The van der Waals surface area contributed by atoms with Crippen LogP contribution in [-0.2, 0) is 0 Å². The maximum absolute atomic E-state index is 9.75. The summed E-state index contributed by atoms with van der Waals surface area (Å²) in [5.41, 5.74) is 1.32. The molecule has 3 heteroatoms. The Morgan fingerprint density at radius 1 is 1.40 bits per heavy atom. The molecule has 0 amide bonds. The molecule has 3 nitrogen and oxygen atoms in total. The van der Waals surface area contributed by atoms with Crippen molar-refractivity contribution in [1.29, 1.82) is 0 Å². The first-order chi connectivity index (χ1) is 7.18. The smallest absolute Gasteiger partial charge is 0.0791 e. The monoisotopic (exact) mass is 212 g/mol. The molecular weight excluding hydrogens is 188 g/mol. The predicted molar refractivity (Wildman–Crippen MR) is 64.0 cm³/mol. The van der Waals surface area contributed by atoms with E-state index < -0.39 is 0 Å². The van der Waals surface area contributed by atoms with Gasteiger partial charge in [-0.15, -0.1) is 0 Å². The molecule has 0 saturated carbocycles. The third-order valence-corrected chi connectivity index (χ3v) is 2.70. The van der Waals surface area contributed by atoms with Gasteiger partial charge in [0.05, 0.1) is 6.10 Å². The summed E-state index contributed by atoms with van der Waals surface area (Å²) in [5, 5.41) is 13.0. The maximum Gasteiger partial charge on any atom is 0.0791 e. The zero-order valence-corrected chi connectivity index (χ0v) is 10.00. The van der Waals surface area contributed by atoms with Crippen LogP contribution < -0.4 is 5.32 Å². The lowest BCUT2D eigenvalue weighted by Gasteiger charge is -2.19. The highest BCUT2D eigenvalue weighted by atomic mass is 16.3. The zero-order chi connectivity index (χ0) is 11.1. The highest BCUT2D eigenvalue weighted by Crippen LogP contribution is 2.07. The molecule has 0 aliphatic carbocycles. The number of allylic oxidation sites excluding steroid dienone is 1. The number of nitrogens with one attached hydrogen (secondary N) is 1. The van der Waals surface area contributed by atoms with Crippen LogP contribution >= 0.6 is 0 Å². The van der Waals surface area contributed by atoms with Gasteiger partial charge < -0.3 is 15.3 Å². The van der Waals surface area contributed by atoms with Gasteiger partial charge in [-0.05, 0) is 39.8 Å². The van der Waals surface area contributed by atoms with Crippen molar-refractivity contribution < 1.29 is 5.11 Å². The number of likely N-dealkylation sites (tertiary alicyclic amines) is 1. The minimum Gasteiger partial charge on any atom is -0.390 e. The Bertz CT molecular complexity index is 194. The lowest BCUT2D eigenvalue weighted by molar-refractivity contribution is 0.124. The quantitative estimate of drug-likeness (QED) is 0.509. The van der Waals surface area contributed by atoms with Gasteiger partial charge in [0.25, 0.3) is 0 Å². The lowest BCUT2D eigenvalue weighted by atomic mass is 10.3. The summed E-state index contributed by atoms with van der Waals surface area (Å²) in [4.78, 5) is 2.34. The first-order valence-electron chi connectivity index (χ1n) is 5.93. The Balaban J connectivity index is 2.02. The fraction of sp³-hybridized carbons (Fsp3) is 0.833. The third-order valence-electron chi connectivity index (χ3n) is 2.70. The van der Waals surface area contributed by atoms with E-state index in [1.807, 2.05) is 0 Å². The predicted octanol–water partition coefficient (Wildman–Crippen LogP) is 0.999. The van der Waals surface area contributed by atoms with E-state index in [0.29, 0.717) is 6.54 Å². The number of β-amino-alcohol motifs (C(OH)–C–C–N with tert-alkyl or cyclic N) is 1. The van der Waals surface area contributed by atoms with Gasteiger partial charge in [-0.2, -0.15) is 0 Å². The van der Waals surface area contributed by atoms with Crippen LogP contribution in [0.1, 0.15) is 26.7 Å². The number of hydrogen-bond donors (Lipinski definition) is 2. The van der Waals surface area contributed by atoms with Crippen molar-refractivity contribution in [2.75, 3.05) is 32.7 Å². The molecule has 0 aromatic heterocycles.